The Balaban J connectivity index is -0.00000197. The normalized spacial score (nSPS) is 26.2. The van der Waals surface area contributed by atoms with Crippen LogP contribution in [-0.4, -0.2) is 221 Å². The van der Waals surface area contributed by atoms with Crippen LogP contribution in [0.2, 0.25) is 0 Å². The maximum Gasteiger partial charge on any atom is 0.321 e. The summed E-state index contributed by atoms with van der Waals surface area (Å²) in [6, 6.07) is -4.53. The summed E-state index contributed by atoms with van der Waals surface area (Å²) in [5, 5.41) is 66.5. The van der Waals surface area contributed by atoms with Crippen molar-refractivity contribution in [3.63, 3.8) is 0 Å². The molecule has 0 radical (unpaired) electrons. The summed E-state index contributed by atoms with van der Waals surface area (Å²) in [7, 11) is -9.75. The number of aliphatic carboxylic acids is 6. The van der Waals surface area contributed by atoms with Crippen molar-refractivity contribution in [2.45, 2.75) is 151 Å². The summed E-state index contributed by atoms with van der Waals surface area (Å²) < 4.78 is 62.8. The van der Waals surface area contributed by atoms with E-state index in [0.29, 0.717) is 0 Å². The first-order valence-electron chi connectivity index (χ1n) is 26.6. The summed E-state index contributed by atoms with van der Waals surface area (Å²) in [6.45, 7) is -1.77. The second-order valence-corrected chi connectivity index (χ2v) is 25.9. The van der Waals surface area contributed by atoms with Crippen LogP contribution < -0.4 is 49.7 Å². The van der Waals surface area contributed by atoms with Gasteiger partial charge in [-0.1, -0.05) is 38.5 Å². The standard InChI is InChI=1S/C27H51N6O21P3.3C6H14N2.3Pt/c1-46-4-7-49-10-13-52-55(28-19(25(40)41)16-22(34)35)31-56(53-14-11-50-8-5-47-2,29-20(26(42)43)17-23(36)37)33-57(32-55,54-15-12-51-9-6-48-3)30-21(27(44)45)18-24(38)39;3*7-5-3-1-2-4-6(5)8;;;/h19-21,28-30H,4-18H2,1-3H3,(H,34,35)(H,36,37)(H,38,39)(H,40,41)(H,42,43)(H,44,45);3*5-6H,1-4,7-8H2;;;/t19-,20-,21-,55?,56?,57?;;;;;;/m0....../s1. The monoisotopic (exact) mass is 1820 g/mol. The van der Waals surface area contributed by atoms with Gasteiger partial charge in [0.15, 0.2) is 0 Å². The number of carboxylic acids is 6. The van der Waals surface area contributed by atoms with Crippen LogP contribution in [0.25, 0.3) is 0 Å². The first-order valence-corrected chi connectivity index (χ1v) is 31.5. The van der Waals surface area contributed by atoms with Crippen LogP contribution >= 0.6 is 22.7 Å². The number of nitrogens with one attached hydrogen (secondary N) is 3. The average molecular weight is 1820 g/mol. The van der Waals surface area contributed by atoms with E-state index in [1.807, 2.05) is 0 Å². The molecule has 84 heavy (non-hydrogen) atoms. The summed E-state index contributed by atoms with van der Waals surface area (Å²) >= 11 is 0. The van der Waals surface area contributed by atoms with Crippen molar-refractivity contribution >= 4 is 58.6 Å². The van der Waals surface area contributed by atoms with Gasteiger partial charge in [-0.2, -0.15) is 13.5 Å². The first kappa shape index (κ1) is 87.1. The molecular weight excluding hydrogens is 1720 g/mol. The third-order valence-electron chi connectivity index (χ3n) is 12.1. The van der Waals surface area contributed by atoms with Gasteiger partial charge in [-0.3, -0.25) is 28.8 Å². The van der Waals surface area contributed by atoms with Crippen LogP contribution in [0.4, 0.5) is 0 Å². The van der Waals surface area contributed by atoms with Crippen molar-refractivity contribution in [1.82, 2.24) is 15.3 Å². The molecule has 1 heterocycles. The van der Waals surface area contributed by atoms with Crippen molar-refractivity contribution in [3.05, 3.63) is 0 Å². The predicted octanol–water partition coefficient (Wildman–Crippen LogP) is 1.07. The molecule has 33 nitrogen and oxygen atoms in total. The fourth-order valence-corrected chi connectivity index (χ4v) is 18.5. The van der Waals surface area contributed by atoms with Gasteiger partial charge in [0.2, 0.25) is 0 Å². The van der Waals surface area contributed by atoms with Crippen LogP contribution in [-0.2, 0) is 134 Å². The number of carbonyl (C=O) groups is 6. The molecule has 0 saturated heterocycles. The molecule has 4 aliphatic rings. The van der Waals surface area contributed by atoms with Crippen molar-refractivity contribution in [2.75, 3.05) is 101 Å². The number of nitrogens with zero attached hydrogens (tertiary/aromatic N) is 3. The molecule has 6 unspecified atom stereocenters. The molecule has 21 N–H and O–H groups in total. The summed E-state index contributed by atoms with van der Waals surface area (Å²) in [4.78, 5) is 72.9. The van der Waals surface area contributed by atoms with Gasteiger partial charge in [0.25, 0.3) is 22.7 Å². The van der Waals surface area contributed by atoms with Gasteiger partial charge < -0.3 is 107 Å². The third-order valence-corrected chi connectivity index (χ3v) is 21.5. The zero-order chi connectivity index (χ0) is 60.9. The molecule has 3 fully saturated rings. The molecule has 4 rings (SSSR count). The molecular formula is C45H93N12O21P3Pt3. The van der Waals surface area contributed by atoms with E-state index < -0.39 is 116 Å². The maximum absolute atomic E-state index is 12.5. The van der Waals surface area contributed by atoms with Crippen molar-refractivity contribution in [2.24, 2.45) is 47.9 Å². The van der Waals surface area contributed by atoms with Gasteiger partial charge in [0.1, 0.15) is 18.1 Å². The molecule has 0 aromatic rings. The van der Waals surface area contributed by atoms with Gasteiger partial charge in [0.05, 0.1) is 98.5 Å². The van der Waals surface area contributed by atoms with E-state index in [1.165, 1.54) is 59.9 Å². The zero-order valence-electron chi connectivity index (χ0n) is 47.7. The Morgan fingerprint density at radius 3 is 0.726 bits per heavy atom. The number of hydrogen-bond donors (Lipinski definition) is 15. The number of nitrogens with two attached hydrogens (primary N) is 6. The number of carboxylic acid groups (broad SMARTS) is 6. The molecule has 3 saturated carbocycles. The van der Waals surface area contributed by atoms with Gasteiger partial charge in [-0.25, -0.2) is 15.3 Å². The molecule has 1 aliphatic heterocycles. The van der Waals surface area contributed by atoms with E-state index in [2.05, 4.69) is 28.8 Å². The molecule has 39 heteroatoms. The number of hydrogen-bond acceptors (Lipinski definition) is 27. The SMILES string of the molecule is COCCOCCOP1(N[C@@H](CC(=O)O)C(=O)O)=NP(N[C@@H](CC(=O)O)C(=O)O)(OCCOCCOC)=NP(N[C@@H](CC(=O)O)C(=O)O)(OCCOCCOC)=N1.NC1CCCCC1N.NC1CCCCC1N.NC1CCCCC1N.[Pt].[Pt].[Pt]. The fraction of sp³-hybridized carbons (Fsp3) is 0.867. The topological polar surface area (TPSA) is 536 Å². The van der Waals surface area contributed by atoms with E-state index in [9.17, 15) is 59.4 Å². The molecule has 9 atom stereocenters. The third kappa shape index (κ3) is 38.4. The summed E-state index contributed by atoms with van der Waals surface area (Å²) in [5.74, 6) is -10.1. The molecule has 0 amide bonds. The summed E-state index contributed by atoms with van der Waals surface area (Å²) in [5.41, 5.74) is 33.9. The van der Waals surface area contributed by atoms with Crippen LogP contribution in [0.3, 0.4) is 0 Å². The number of ether oxygens (including phenoxy) is 6. The van der Waals surface area contributed by atoms with Gasteiger partial charge in [-0.15, -0.1) is 0 Å². The molecule has 0 aromatic carbocycles. The van der Waals surface area contributed by atoms with Crippen LogP contribution in [0.5, 0.6) is 0 Å². The number of methoxy groups -OCH3 is 3. The zero-order valence-corrected chi connectivity index (χ0v) is 57.2. The second kappa shape index (κ2) is 49.6. The van der Waals surface area contributed by atoms with E-state index in [1.54, 1.807) is 0 Å². The summed E-state index contributed by atoms with van der Waals surface area (Å²) in [6.07, 6.45) is 11.0. The van der Waals surface area contributed by atoms with Crippen molar-refractivity contribution in [1.29, 1.82) is 0 Å². The molecule has 0 bridgehead atoms. The van der Waals surface area contributed by atoms with E-state index in [-0.39, 0.29) is 159 Å². The largest absolute Gasteiger partial charge is 0.481 e. The van der Waals surface area contributed by atoms with Gasteiger partial charge >= 0.3 is 35.8 Å². The Kier molecular flexibility index (Phi) is 51.4. The Bertz CT molecular complexity index is 1790. The Morgan fingerprint density at radius 1 is 0.381 bits per heavy atom. The van der Waals surface area contributed by atoms with Crippen LogP contribution in [0, 0.1) is 0 Å². The Hall–Kier alpha value is -1.15. The molecule has 3 aliphatic carbocycles. The minimum absolute atomic E-state index is 0. The van der Waals surface area contributed by atoms with Crippen molar-refractivity contribution < 1.29 is 165 Å². The van der Waals surface area contributed by atoms with Gasteiger partial charge in [0, 0.05) is 121 Å². The van der Waals surface area contributed by atoms with E-state index in [4.69, 9.17) is 76.4 Å². The van der Waals surface area contributed by atoms with E-state index in [0.717, 1.165) is 38.5 Å². The second-order valence-electron chi connectivity index (χ2n) is 18.9. The average Bonchev–Trinajstić information content (AvgIpc) is 2.12. The smallest absolute Gasteiger partial charge is 0.321 e. The fourth-order valence-electron chi connectivity index (χ4n) is 7.63. The Morgan fingerprint density at radius 2 is 0.571 bits per heavy atom. The molecule has 0 aromatic heterocycles. The number of rotatable bonds is 36. The van der Waals surface area contributed by atoms with E-state index >= 15 is 0 Å². The minimum atomic E-state index is -4.66. The van der Waals surface area contributed by atoms with Crippen molar-refractivity contribution in [3.8, 4) is 0 Å². The Labute approximate surface area is 534 Å². The van der Waals surface area contributed by atoms with Gasteiger partial charge in [-0.05, 0) is 38.5 Å². The maximum atomic E-state index is 12.5. The molecule has 504 valence electrons. The minimum Gasteiger partial charge on any atom is -0.481 e. The van der Waals surface area contributed by atoms with Crippen LogP contribution in [0.15, 0.2) is 13.5 Å². The predicted molar refractivity (Wildman–Crippen MR) is 298 cm³/mol. The molecule has 0 spiro atoms. The quantitative estimate of drug-likeness (QED) is 0.0308. The first-order chi connectivity index (χ1) is 38.4. The van der Waals surface area contributed by atoms with Crippen LogP contribution in [0.1, 0.15) is 96.3 Å².